The summed E-state index contributed by atoms with van der Waals surface area (Å²) in [4.78, 5) is 29.0. The Labute approximate surface area is 199 Å². The molecule has 1 aliphatic carbocycles. The van der Waals surface area contributed by atoms with Crippen molar-refractivity contribution in [2.45, 2.75) is 53.0 Å². The Kier molecular flexibility index (Phi) is 6.12. The van der Waals surface area contributed by atoms with Crippen molar-refractivity contribution in [2.24, 2.45) is 11.3 Å². The van der Waals surface area contributed by atoms with Crippen LogP contribution in [0.2, 0.25) is 10.0 Å². The lowest BCUT2D eigenvalue weighted by molar-refractivity contribution is -0.120. The van der Waals surface area contributed by atoms with Crippen LogP contribution in [0.4, 0.5) is 11.4 Å². The molecule has 0 fully saturated rings. The van der Waals surface area contributed by atoms with Crippen molar-refractivity contribution < 1.29 is 9.59 Å². The van der Waals surface area contributed by atoms with Crippen molar-refractivity contribution in [1.82, 2.24) is 0 Å². The molecule has 4 nitrogen and oxygen atoms in total. The van der Waals surface area contributed by atoms with E-state index in [0.717, 1.165) is 17.1 Å². The molecule has 32 heavy (non-hydrogen) atoms. The molecule has 0 spiro atoms. The topological polar surface area (TPSA) is 49.4 Å². The Morgan fingerprint density at radius 1 is 1.16 bits per heavy atom. The summed E-state index contributed by atoms with van der Waals surface area (Å²) >= 11 is 12.9. The Bertz CT molecular complexity index is 1120. The second-order valence-corrected chi connectivity index (χ2v) is 10.7. The van der Waals surface area contributed by atoms with Crippen LogP contribution in [0.1, 0.15) is 58.6 Å². The van der Waals surface area contributed by atoms with Gasteiger partial charge in [-0.15, -0.1) is 0 Å². The zero-order chi connectivity index (χ0) is 23.2. The minimum absolute atomic E-state index is 0.0370. The lowest BCUT2D eigenvalue weighted by Crippen LogP contribution is -2.40. The van der Waals surface area contributed by atoms with Gasteiger partial charge in [-0.1, -0.05) is 69.1 Å². The molecule has 0 saturated carbocycles. The van der Waals surface area contributed by atoms with Gasteiger partial charge in [-0.25, -0.2) is 0 Å². The van der Waals surface area contributed by atoms with Crippen molar-refractivity contribution in [1.29, 1.82) is 0 Å². The van der Waals surface area contributed by atoms with Crippen LogP contribution in [0, 0.1) is 11.3 Å². The SMILES string of the molecule is CC(C)CC(=O)N1c2ccccc2NC2=C(C(=O)CC(C)(C)C2)C1c1ccc(Cl)cc1Cl. The molecular formula is C26H28Cl2N2O2. The molecule has 168 valence electrons. The molecule has 0 radical (unpaired) electrons. The van der Waals surface area contributed by atoms with Crippen LogP contribution in [0.15, 0.2) is 53.7 Å². The number of carbonyl (C=O) groups excluding carboxylic acids is 2. The molecule has 1 atom stereocenters. The predicted octanol–water partition coefficient (Wildman–Crippen LogP) is 7.18. The first kappa shape index (κ1) is 22.9. The zero-order valence-corrected chi connectivity index (χ0v) is 20.3. The van der Waals surface area contributed by atoms with Gasteiger partial charge in [0.15, 0.2) is 5.78 Å². The van der Waals surface area contributed by atoms with E-state index in [0.29, 0.717) is 40.4 Å². The fraction of sp³-hybridized carbons (Fsp3) is 0.385. The van der Waals surface area contributed by atoms with Gasteiger partial charge in [-0.05, 0) is 47.6 Å². The minimum Gasteiger partial charge on any atom is -0.357 e. The molecule has 4 rings (SSSR count). The van der Waals surface area contributed by atoms with E-state index in [1.54, 1.807) is 17.0 Å². The third kappa shape index (κ3) is 4.31. The van der Waals surface area contributed by atoms with Gasteiger partial charge in [0.1, 0.15) is 0 Å². The van der Waals surface area contributed by atoms with Gasteiger partial charge in [-0.3, -0.25) is 14.5 Å². The van der Waals surface area contributed by atoms with Crippen LogP contribution in [0.5, 0.6) is 0 Å². The van der Waals surface area contributed by atoms with E-state index < -0.39 is 6.04 Å². The summed E-state index contributed by atoms with van der Waals surface area (Å²) in [6, 6.07) is 12.4. The van der Waals surface area contributed by atoms with Crippen LogP contribution in [-0.2, 0) is 9.59 Å². The smallest absolute Gasteiger partial charge is 0.228 e. The van der Waals surface area contributed by atoms with E-state index in [2.05, 4.69) is 19.2 Å². The van der Waals surface area contributed by atoms with Crippen LogP contribution in [0.25, 0.3) is 0 Å². The lowest BCUT2D eigenvalue weighted by Gasteiger charge is -2.37. The average Bonchev–Trinajstić information content (AvgIpc) is 2.80. The number of anilines is 2. The number of Topliss-reactive ketones (excluding diaryl/α,β-unsaturated/α-hetero) is 1. The van der Waals surface area contributed by atoms with Crippen molar-refractivity contribution in [3.63, 3.8) is 0 Å². The first-order valence-corrected chi connectivity index (χ1v) is 11.7. The highest BCUT2D eigenvalue weighted by Crippen LogP contribution is 2.49. The van der Waals surface area contributed by atoms with Gasteiger partial charge in [0.2, 0.25) is 5.91 Å². The van der Waals surface area contributed by atoms with E-state index in [9.17, 15) is 9.59 Å². The quantitative estimate of drug-likeness (QED) is 0.516. The maximum Gasteiger partial charge on any atom is 0.228 e. The van der Waals surface area contributed by atoms with Gasteiger partial charge >= 0.3 is 0 Å². The molecule has 1 unspecified atom stereocenters. The number of fused-ring (bicyclic) bond motifs is 1. The Morgan fingerprint density at radius 2 is 1.88 bits per heavy atom. The molecule has 2 aromatic carbocycles. The number of allylic oxidation sites excluding steroid dienone is 1. The molecule has 1 heterocycles. The fourth-order valence-electron chi connectivity index (χ4n) is 4.73. The minimum atomic E-state index is -0.624. The summed E-state index contributed by atoms with van der Waals surface area (Å²) in [5.74, 6) is 0.160. The number of halogens is 2. The normalized spacial score (nSPS) is 19.9. The maximum absolute atomic E-state index is 13.7. The Balaban J connectivity index is 2.02. The number of ketones is 1. The van der Waals surface area contributed by atoms with Crippen molar-refractivity contribution >= 4 is 46.3 Å². The Hall–Kier alpha value is -2.30. The molecule has 0 aromatic heterocycles. The largest absolute Gasteiger partial charge is 0.357 e. The average molecular weight is 471 g/mol. The molecule has 6 heteroatoms. The van der Waals surface area contributed by atoms with Gasteiger partial charge < -0.3 is 5.32 Å². The monoisotopic (exact) mass is 470 g/mol. The summed E-state index contributed by atoms with van der Waals surface area (Å²) < 4.78 is 0. The summed E-state index contributed by atoms with van der Waals surface area (Å²) in [5.41, 5.74) is 3.55. The predicted molar refractivity (Wildman–Crippen MR) is 131 cm³/mol. The number of nitrogens with zero attached hydrogens (tertiary/aromatic N) is 1. The summed E-state index contributed by atoms with van der Waals surface area (Å²) in [6.45, 7) is 8.23. The highest BCUT2D eigenvalue weighted by molar-refractivity contribution is 6.35. The number of rotatable bonds is 3. The van der Waals surface area contributed by atoms with E-state index in [-0.39, 0.29) is 23.0 Å². The molecular weight excluding hydrogens is 443 g/mol. The van der Waals surface area contributed by atoms with Gasteiger partial charge in [0.25, 0.3) is 0 Å². The maximum atomic E-state index is 13.7. The number of benzene rings is 2. The zero-order valence-electron chi connectivity index (χ0n) is 18.8. The van der Waals surface area contributed by atoms with E-state index in [1.165, 1.54) is 0 Å². The van der Waals surface area contributed by atoms with E-state index in [4.69, 9.17) is 23.2 Å². The van der Waals surface area contributed by atoms with Gasteiger partial charge in [-0.2, -0.15) is 0 Å². The first-order valence-electron chi connectivity index (χ1n) is 11.0. The standard InChI is InChI=1S/C26H28Cl2N2O2/c1-15(2)11-23(32)30-21-8-6-5-7-19(21)29-20-13-26(3,4)14-22(31)24(20)25(30)17-10-9-16(27)12-18(17)28/h5-10,12,15,25,29H,11,13-14H2,1-4H3. The highest BCUT2D eigenvalue weighted by Gasteiger charge is 2.43. The summed E-state index contributed by atoms with van der Waals surface area (Å²) in [6.07, 6.45) is 1.48. The third-order valence-corrected chi connectivity index (χ3v) is 6.57. The molecule has 0 bridgehead atoms. The molecule has 1 aliphatic heterocycles. The second-order valence-electron chi connectivity index (χ2n) is 9.91. The molecule has 2 aliphatic rings. The second kappa shape index (κ2) is 8.57. The van der Waals surface area contributed by atoms with Crippen LogP contribution in [0.3, 0.4) is 0 Å². The van der Waals surface area contributed by atoms with Crippen molar-refractivity contribution in [3.05, 3.63) is 69.3 Å². The lowest BCUT2D eigenvalue weighted by atomic mass is 9.73. The van der Waals surface area contributed by atoms with Gasteiger partial charge in [0.05, 0.1) is 17.4 Å². The number of hydrogen-bond donors (Lipinski definition) is 1. The fourth-order valence-corrected chi connectivity index (χ4v) is 5.24. The number of nitrogens with one attached hydrogen (secondary N) is 1. The van der Waals surface area contributed by atoms with Crippen LogP contribution < -0.4 is 10.2 Å². The Morgan fingerprint density at radius 3 is 2.56 bits per heavy atom. The molecule has 0 saturated heterocycles. The number of amides is 1. The number of carbonyl (C=O) groups is 2. The third-order valence-electron chi connectivity index (χ3n) is 6.01. The molecule has 2 aromatic rings. The van der Waals surface area contributed by atoms with E-state index in [1.807, 2.05) is 44.2 Å². The van der Waals surface area contributed by atoms with E-state index >= 15 is 0 Å². The molecule has 1 N–H and O–H groups in total. The number of hydrogen-bond acceptors (Lipinski definition) is 3. The highest BCUT2D eigenvalue weighted by atomic mass is 35.5. The van der Waals surface area contributed by atoms with Crippen LogP contribution in [-0.4, -0.2) is 11.7 Å². The van der Waals surface area contributed by atoms with Crippen LogP contribution >= 0.6 is 23.2 Å². The summed E-state index contributed by atoms with van der Waals surface area (Å²) in [5, 5.41) is 4.46. The van der Waals surface area contributed by atoms with Gasteiger partial charge in [0, 0.05) is 34.2 Å². The number of para-hydroxylation sites is 2. The first-order chi connectivity index (χ1) is 15.1. The molecule has 1 amide bonds. The van der Waals surface area contributed by atoms with Crippen molar-refractivity contribution in [2.75, 3.05) is 10.2 Å². The summed E-state index contributed by atoms with van der Waals surface area (Å²) in [7, 11) is 0. The van der Waals surface area contributed by atoms with Crippen molar-refractivity contribution in [3.8, 4) is 0 Å².